The molecule has 0 aliphatic carbocycles. The molecule has 0 radical (unpaired) electrons. The van der Waals surface area contributed by atoms with Crippen LogP contribution in [0.5, 0.6) is 0 Å². The molecule has 1 unspecified atom stereocenters. The Morgan fingerprint density at radius 1 is 1.26 bits per heavy atom. The maximum absolute atomic E-state index is 13.1. The minimum absolute atomic E-state index is 0.157. The molecule has 1 saturated heterocycles. The van der Waals surface area contributed by atoms with E-state index in [1.54, 1.807) is 0 Å². The summed E-state index contributed by atoms with van der Waals surface area (Å²) >= 11 is 0. The van der Waals surface area contributed by atoms with Gasteiger partial charge in [-0.15, -0.1) is 0 Å². The molecule has 0 bridgehead atoms. The third kappa shape index (κ3) is 2.81. The zero-order valence-electron chi connectivity index (χ0n) is 13.5. The molecule has 0 aromatic heterocycles. The van der Waals surface area contributed by atoms with Gasteiger partial charge in [0.05, 0.1) is 12.8 Å². The molecular formula is C18H22N2O3. The lowest BCUT2D eigenvalue weighted by Gasteiger charge is -2.34. The van der Waals surface area contributed by atoms with Gasteiger partial charge in [-0.25, -0.2) is 4.79 Å². The number of ether oxygens (including phenoxy) is 1. The molecule has 1 fully saturated rings. The van der Waals surface area contributed by atoms with Gasteiger partial charge < -0.3 is 4.74 Å². The number of Topliss-reactive ketones (excluding diaryl/α,β-unsaturated/α-hetero) is 1. The standard InChI is InChI=1S/C18H22N2O3/c1-23-17(22)18(16(21)15-9-5-11-19-15)10-6-12-20(18)13-14-7-3-2-4-8-14/h2-4,7-8H,5-6,9-13H2,1H3. The van der Waals surface area contributed by atoms with Crippen LogP contribution >= 0.6 is 0 Å². The molecule has 1 atom stereocenters. The first kappa shape index (κ1) is 15.9. The lowest BCUT2D eigenvalue weighted by molar-refractivity contribution is -0.157. The van der Waals surface area contributed by atoms with Gasteiger partial charge in [0.1, 0.15) is 0 Å². The second-order valence-electron chi connectivity index (χ2n) is 6.12. The van der Waals surface area contributed by atoms with E-state index in [-0.39, 0.29) is 5.78 Å². The van der Waals surface area contributed by atoms with Crippen molar-refractivity contribution in [2.75, 3.05) is 20.2 Å². The second kappa shape index (κ2) is 6.62. The highest BCUT2D eigenvalue weighted by Crippen LogP contribution is 2.34. The van der Waals surface area contributed by atoms with Gasteiger partial charge in [0, 0.05) is 19.6 Å². The molecule has 0 amide bonds. The highest BCUT2D eigenvalue weighted by atomic mass is 16.5. The Bertz CT molecular complexity index is 626. The van der Waals surface area contributed by atoms with Gasteiger partial charge in [-0.1, -0.05) is 30.3 Å². The van der Waals surface area contributed by atoms with Gasteiger partial charge in [0.25, 0.3) is 0 Å². The van der Waals surface area contributed by atoms with Gasteiger partial charge in [-0.3, -0.25) is 14.7 Å². The van der Waals surface area contributed by atoms with Crippen LogP contribution in [-0.4, -0.2) is 48.1 Å². The van der Waals surface area contributed by atoms with Crippen molar-refractivity contribution < 1.29 is 14.3 Å². The summed E-state index contributed by atoms with van der Waals surface area (Å²) < 4.78 is 5.03. The van der Waals surface area contributed by atoms with Crippen LogP contribution in [-0.2, 0) is 20.9 Å². The van der Waals surface area contributed by atoms with Crippen LogP contribution in [0.2, 0.25) is 0 Å². The van der Waals surface area contributed by atoms with E-state index in [9.17, 15) is 9.59 Å². The molecule has 0 spiro atoms. The van der Waals surface area contributed by atoms with Crippen molar-refractivity contribution in [3.05, 3.63) is 35.9 Å². The first-order chi connectivity index (χ1) is 11.2. The summed E-state index contributed by atoms with van der Waals surface area (Å²) in [4.78, 5) is 32.0. The summed E-state index contributed by atoms with van der Waals surface area (Å²) in [6.07, 6.45) is 2.86. The molecule has 122 valence electrons. The van der Waals surface area contributed by atoms with E-state index >= 15 is 0 Å². The molecule has 5 nitrogen and oxygen atoms in total. The number of aliphatic imine (C=N–C) groups is 1. The summed E-state index contributed by atoms with van der Waals surface area (Å²) in [5.74, 6) is -0.610. The normalized spacial score (nSPS) is 24.5. The molecule has 3 rings (SSSR count). The second-order valence-corrected chi connectivity index (χ2v) is 6.12. The number of rotatable bonds is 5. The minimum atomic E-state index is -1.20. The van der Waals surface area contributed by atoms with Crippen LogP contribution in [0, 0.1) is 0 Å². The third-order valence-electron chi connectivity index (χ3n) is 4.76. The average molecular weight is 314 g/mol. The van der Waals surface area contributed by atoms with Crippen LogP contribution in [0.4, 0.5) is 0 Å². The number of esters is 1. The van der Waals surface area contributed by atoms with Crippen LogP contribution < -0.4 is 0 Å². The molecular weight excluding hydrogens is 292 g/mol. The Balaban J connectivity index is 1.93. The first-order valence-electron chi connectivity index (χ1n) is 8.14. The number of benzene rings is 1. The molecule has 1 aromatic carbocycles. The molecule has 1 aromatic rings. The van der Waals surface area contributed by atoms with E-state index in [4.69, 9.17) is 4.74 Å². The van der Waals surface area contributed by atoms with Crippen molar-refractivity contribution in [3.8, 4) is 0 Å². The smallest absolute Gasteiger partial charge is 0.334 e. The van der Waals surface area contributed by atoms with Crippen molar-refractivity contribution >= 4 is 17.5 Å². The number of ketones is 1. The first-order valence-corrected chi connectivity index (χ1v) is 8.14. The highest BCUT2D eigenvalue weighted by molar-refractivity contribution is 6.47. The number of carbonyl (C=O) groups is 2. The Kier molecular flexibility index (Phi) is 4.57. The summed E-state index contributed by atoms with van der Waals surface area (Å²) in [6.45, 7) is 1.95. The number of hydrogen-bond acceptors (Lipinski definition) is 5. The van der Waals surface area contributed by atoms with E-state index in [1.807, 2.05) is 35.2 Å². The van der Waals surface area contributed by atoms with E-state index in [0.29, 0.717) is 38.2 Å². The maximum atomic E-state index is 13.1. The van der Waals surface area contributed by atoms with Gasteiger partial charge >= 0.3 is 5.97 Å². The van der Waals surface area contributed by atoms with E-state index < -0.39 is 11.5 Å². The number of hydrogen-bond donors (Lipinski definition) is 0. The molecule has 2 aliphatic rings. The molecule has 23 heavy (non-hydrogen) atoms. The SMILES string of the molecule is COC(=O)C1(C(=O)C2=NCCC2)CCCN1Cc1ccccc1. The van der Waals surface area contributed by atoms with Crippen molar-refractivity contribution in [1.82, 2.24) is 4.90 Å². The number of methoxy groups -OCH3 is 1. The topological polar surface area (TPSA) is 59.0 Å². The summed E-state index contributed by atoms with van der Waals surface area (Å²) in [7, 11) is 1.35. The Labute approximate surface area is 136 Å². The third-order valence-corrected chi connectivity index (χ3v) is 4.76. The van der Waals surface area contributed by atoms with Crippen LogP contribution in [0.1, 0.15) is 31.2 Å². The zero-order chi connectivity index (χ0) is 16.3. The molecule has 0 saturated carbocycles. The Hall–Kier alpha value is -2.01. The average Bonchev–Trinajstić information content (AvgIpc) is 3.25. The predicted molar refractivity (Wildman–Crippen MR) is 87.4 cm³/mol. The van der Waals surface area contributed by atoms with E-state index in [1.165, 1.54) is 7.11 Å². The van der Waals surface area contributed by atoms with E-state index in [2.05, 4.69) is 4.99 Å². The largest absolute Gasteiger partial charge is 0.467 e. The van der Waals surface area contributed by atoms with E-state index in [0.717, 1.165) is 18.4 Å². The number of nitrogens with zero attached hydrogens (tertiary/aromatic N) is 2. The fourth-order valence-electron chi connectivity index (χ4n) is 3.61. The fourth-order valence-corrected chi connectivity index (χ4v) is 3.61. The lowest BCUT2D eigenvalue weighted by atomic mass is 9.86. The minimum Gasteiger partial charge on any atom is -0.467 e. The summed E-state index contributed by atoms with van der Waals surface area (Å²) in [6, 6.07) is 9.91. The fraction of sp³-hybridized carbons (Fsp3) is 0.500. The zero-order valence-corrected chi connectivity index (χ0v) is 13.5. The van der Waals surface area contributed by atoms with Crippen LogP contribution in [0.15, 0.2) is 35.3 Å². The molecule has 5 heteroatoms. The monoisotopic (exact) mass is 314 g/mol. The van der Waals surface area contributed by atoms with Gasteiger partial charge in [0.15, 0.2) is 5.54 Å². The van der Waals surface area contributed by atoms with Crippen molar-refractivity contribution in [2.24, 2.45) is 4.99 Å². The summed E-state index contributed by atoms with van der Waals surface area (Å²) in [5, 5.41) is 0. The predicted octanol–water partition coefficient (Wildman–Crippen LogP) is 2.00. The number of carbonyl (C=O) groups excluding carboxylic acids is 2. The molecule has 2 heterocycles. The van der Waals surface area contributed by atoms with Crippen LogP contribution in [0.3, 0.4) is 0 Å². The van der Waals surface area contributed by atoms with Crippen LogP contribution in [0.25, 0.3) is 0 Å². The van der Waals surface area contributed by atoms with Gasteiger partial charge in [-0.05, 0) is 31.2 Å². The van der Waals surface area contributed by atoms with Gasteiger partial charge in [-0.2, -0.15) is 0 Å². The lowest BCUT2D eigenvalue weighted by Crippen LogP contribution is -2.58. The van der Waals surface area contributed by atoms with Crippen molar-refractivity contribution in [2.45, 2.75) is 37.8 Å². The Morgan fingerprint density at radius 3 is 2.70 bits per heavy atom. The highest BCUT2D eigenvalue weighted by Gasteiger charge is 2.55. The quantitative estimate of drug-likeness (QED) is 0.616. The molecule has 0 N–H and O–H groups in total. The number of likely N-dealkylation sites (tertiary alicyclic amines) is 1. The van der Waals surface area contributed by atoms with Gasteiger partial charge in [0.2, 0.25) is 5.78 Å². The Morgan fingerprint density at radius 2 is 2.04 bits per heavy atom. The molecule has 2 aliphatic heterocycles. The van der Waals surface area contributed by atoms with Crippen molar-refractivity contribution in [3.63, 3.8) is 0 Å². The maximum Gasteiger partial charge on any atom is 0.334 e. The summed E-state index contributed by atoms with van der Waals surface area (Å²) in [5.41, 5.74) is 0.438. The van der Waals surface area contributed by atoms with Crippen molar-refractivity contribution in [1.29, 1.82) is 0 Å².